The third-order valence-electron chi connectivity index (χ3n) is 2.68. The topological polar surface area (TPSA) is 61.4 Å². The molecule has 5 nitrogen and oxygen atoms in total. The van der Waals surface area contributed by atoms with Gasteiger partial charge in [-0.05, 0) is 31.0 Å². The lowest BCUT2D eigenvalue weighted by Crippen LogP contribution is -2.43. The van der Waals surface area contributed by atoms with Crippen LogP contribution in [0.2, 0.25) is 0 Å². The number of amides is 3. The molecule has 0 atom stereocenters. The Hall–Kier alpha value is -1.79. The number of benzene rings is 1. The lowest BCUT2D eigenvalue weighted by atomic mass is 10.2. The predicted octanol–water partition coefficient (Wildman–Crippen LogP) is 1.85. The second-order valence-electron chi connectivity index (χ2n) is 4.57. The number of hydrogen-bond acceptors (Lipinski definition) is 4. The molecule has 0 fully saturated rings. The number of imide groups is 1. The Balaban J connectivity index is 2.37. The predicted molar refractivity (Wildman–Crippen MR) is 86.3 cm³/mol. The van der Waals surface area contributed by atoms with Crippen LogP contribution < -0.4 is 10.6 Å². The van der Waals surface area contributed by atoms with Gasteiger partial charge in [-0.2, -0.15) is 0 Å². The third-order valence-corrected chi connectivity index (χ3v) is 3.43. The van der Waals surface area contributed by atoms with Gasteiger partial charge in [-0.3, -0.25) is 15.0 Å². The summed E-state index contributed by atoms with van der Waals surface area (Å²) in [5.74, 6) is -0.334. The van der Waals surface area contributed by atoms with E-state index in [2.05, 4.69) is 29.3 Å². The van der Waals surface area contributed by atoms with Crippen molar-refractivity contribution in [3.63, 3.8) is 0 Å². The van der Waals surface area contributed by atoms with Gasteiger partial charge >= 0.3 is 6.03 Å². The summed E-state index contributed by atoms with van der Waals surface area (Å²) in [5, 5.41) is 4.76. The van der Waals surface area contributed by atoms with Crippen LogP contribution in [0.4, 0.5) is 4.79 Å². The summed E-state index contributed by atoms with van der Waals surface area (Å²) >= 11 is 1.69. The van der Waals surface area contributed by atoms with Crippen molar-refractivity contribution in [2.75, 3.05) is 26.4 Å². The molecule has 21 heavy (non-hydrogen) atoms. The monoisotopic (exact) mass is 307 g/mol. The van der Waals surface area contributed by atoms with Crippen LogP contribution in [-0.2, 0) is 11.3 Å². The highest BCUT2D eigenvalue weighted by Crippen LogP contribution is 2.15. The van der Waals surface area contributed by atoms with E-state index in [9.17, 15) is 9.59 Å². The van der Waals surface area contributed by atoms with E-state index in [1.807, 2.05) is 30.3 Å². The van der Waals surface area contributed by atoms with Crippen molar-refractivity contribution in [3.05, 3.63) is 42.5 Å². The molecule has 6 heteroatoms. The number of thioether (sulfide) groups is 1. The van der Waals surface area contributed by atoms with Crippen molar-refractivity contribution in [1.82, 2.24) is 15.5 Å². The maximum Gasteiger partial charge on any atom is 0.321 e. The summed E-state index contributed by atoms with van der Waals surface area (Å²) in [6, 6.07) is 7.68. The number of hydrogen-bond donors (Lipinski definition) is 2. The van der Waals surface area contributed by atoms with E-state index < -0.39 is 6.03 Å². The van der Waals surface area contributed by atoms with Gasteiger partial charge in [0.2, 0.25) is 5.91 Å². The number of nitrogens with zero attached hydrogens (tertiary/aromatic N) is 1. The zero-order chi connectivity index (χ0) is 15.7. The number of nitrogens with one attached hydrogen (secondary N) is 2. The fourth-order valence-corrected chi connectivity index (χ4v) is 2.13. The third kappa shape index (κ3) is 6.97. The first-order valence-corrected chi connectivity index (χ1v) is 7.77. The van der Waals surface area contributed by atoms with Crippen LogP contribution >= 0.6 is 11.8 Å². The SMILES string of the molecule is C=CCNC(=O)NC(=O)CN(C)Cc1ccc(SC)cc1. The van der Waals surface area contributed by atoms with Crippen molar-refractivity contribution in [2.45, 2.75) is 11.4 Å². The molecular formula is C15H21N3O2S. The molecule has 0 aliphatic rings. The van der Waals surface area contributed by atoms with E-state index in [0.717, 1.165) is 5.56 Å². The smallest absolute Gasteiger partial charge is 0.321 e. The van der Waals surface area contributed by atoms with Crippen LogP contribution in [0.25, 0.3) is 0 Å². The van der Waals surface area contributed by atoms with Crippen LogP contribution in [0.1, 0.15) is 5.56 Å². The van der Waals surface area contributed by atoms with Crippen LogP contribution in [0.3, 0.4) is 0 Å². The summed E-state index contributed by atoms with van der Waals surface area (Å²) in [5.41, 5.74) is 1.12. The molecule has 1 rings (SSSR count). The van der Waals surface area contributed by atoms with Crippen molar-refractivity contribution < 1.29 is 9.59 Å². The lowest BCUT2D eigenvalue weighted by Gasteiger charge is -2.16. The Morgan fingerprint density at radius 1 is 1.33 bits per heavy atom. The zero-order valence-corrected chi connectivity index (χ0v) is 13.2. The largest absolute Gasteiger partial charge is 0.334 e. The van der Waals surface area contributed by atoms with Crippen molar-refractivity contribution in [3.8, 4) is 0 Å². The highest BCUT2D eigenvalue weighted by molar-refractivity contribution is 7.98. The van der Waals surface area contributed by atoms with Gasteiger partial charge in [-0.1, -0.05) is 18.2 Å². The molecule has 0 bridgehead atoms. The first kappa shape index (κ1) is 17.3. The Bertz CT molecular complexity index is 488. The highest BCUT2D eigenvalue weighted by Gasteiger charge is 2.10. The molecule has 114 valence electrons. The van der Waals surface area contributed by atoms with E-state index >= 15 is 0 Å². The molecule has 1 aromatic carbocycles. The minimum atomic E-state index is -0.502. The molecule has 0 unspecified atom stereocenters. The summed E-state index contributed by atoms with van der Waals surface area (Å²) < 4.78 is 0. The van der Waals surface area contributed by atoms with E-state index in [0.29, 0.717) is 13.1 Å². The lowest BCUT2D eigenvalue weighted by molar-refractivity contribution is -0.120. The average molecular weight is 307 g/mol. The molecule has 0 aliphatic carbocycles. The van der Waals surface area contributed by atoms with Crippen LogP contribution in [0.5, 0.6) is 0 Å². The fraction of sp³-hybridized carbons (Fsp3) is 0.333. The maximum atomic E-state index is 11.7. The molecule has 0 radical (unpaired) electrons. The van der Waals surface area contributed by atoms with Crippen molar-refractivity contribution in [2.24, 2.45) is 0 Å². The van der Waals surface area contributed by atoms with E-state index in [1.54, 1.807) is 17.8 Å². The molecule has 0 heterocycles. The number of urea groups is 1. The Kier molecular flexibility index (Phi) is 7.56. The molecule has 0 saturated heterocycles. The fourth-order valence-electron chi connectivity index (χ4n) is 1.72. The van der Waals surface area contributed by atoms with Gasteiger partial charge in [0.25, 0.3) is 0 Å². The van der Waals surface area contributed by atoms with Crippen LogP contribution in [-0.4, -0.2) is 43.2 Å². The Morgan fingerprint density at radius 2 is 2.00 bits per heavy atom. The molecule has 0 aromatic heterocycles. The first-order chi connectivity index (χ1) is 10.0. The van der Waals surface area contributed by atoms with Crippen molar-refractivity contribution >= 4 is 23.7 Å². The second-order valence-corrected chi connectivity index (χ2v) is 5.45. The number of rotatable bonds is 7. The highest BCUT2D eigenvalue weighted by atomic mass is 32.2. The molecule has 0 saturated carbocycles. The van der Waals surface area contributed by atoms with Gasteiger partial charge in [-0.25, -0.2) is 4.79 Å². The van der Waals surface area contributed by atoms with Gasteiger partial charge in [0.05, 0.1) is 6.54 Å². The number of carbonyl (C=O) groups excluding carboxylic acids is 2. The van der Waals surface area contributed by atoms with Gasteiger partial charge in [0.15, 0.2) is 0 Å². The average Bonchev–Trinajstić information content (AvgIpc) is 2.45. The van der Waals surface area contributed by atoms with Gasteiger partial charge in [0, 0.05) is 18.0 Å². The van der Waals surface area contributed by atoms with E-state index in [-0.39, 0.29) is 12.5 Å². The Morgan fingerprint density at radius 3 is 2.57 bits per heavy atom. The minimum absolute atomic E-state index is 0.159. The Labute approximate surface area is 129 Å². The minimum Gasteiger partial charge on any atom is -0.334 e. The summed E-state index contributed by atoms with van der Waals surface area (Å²) in [6.45, 7) is 4.62. The summed E-state index contributed by atoms with van der Waals surface area (Å²) in [4.78, 5) is 26.0. The molecule has 0 aliphatic heterocycles. The van der Waals surface area contributed by atoms with Crippen LogP contribution in [0.15, 0.2) is 41.8 Å². The van der Waals surface area contributed by atoms with Crippen LogP contribution in [0, 0.1) is 0 Å². The van der Waals surface area contributed by atoms with Crippen molar-refractivity contribution in [1.29, 1.82) is 0 Å². The van der Waals surface area contributed by atoms with Gasteiger partial charge in [0.1, 0.15) is 0 Å². The number of carbonyl (C=O) groups is 2. The molecule has 0 spiro atoms. The zero-order valence-electron chi connectivity index (χ0n) is 12.4. The molecular weight excluding hydrogens is 286 g/mol. The van der Waals surface area contributed by atoms with Gasteiger partial charge in [-0.15, -0.1) is 18.3 Å². The summed E-state index contributed by atoms with van der Waals surface area (Å²) in [6.07, 6.45) is 3.58. The summed E-state index contributed by atoms with van der Waals surface area (Å²) in [7, 11) is 1.84. The normalized spacial score (nSPS) is 10.2. The van der Waals surface area contributed by atoms with Gasteiger partial charge < -0.3 is 5.32 Å². The first-order valence-electron chi connectivity index (χ1n) is 6.55. The molecule has 3 amide bonds. The molecule has 1 aromatic rings. The maximum absolute atomic E-state index is 11.7. The van der Waals surface area contributed by atoms with E-state index in [1.165, 1.54) is 4.90 Å². The standard InChI is InChI=1S/C15H21N3O2S/c1-4-9-16-15(20)17-14(19)11-18(2)10-12-5-7-13(21-3)8-6-12/h4-8H,1,9-11H2,2-3H3,(H2,16,17,19,20). The quantitative estimate of drug-likeness (QED) is 0.596. The van der Waals surface area contributed by atoms with E-state index in [4.69, 9.17) is 0 Å². The molecule has 2 N–H and O–H groups in total. The second kappa shape index (κ2) is 9.20. The number of likely N-dealkylation sites (N-methyl/N-ethyl adjacent to an activating group) is 1.